The second-order valence-corrected chi connectivity index (χ2v) is 6.92. The van der Waals surface area contributed by atoms with Gasteiger partial charge in [-0.2, -0.15) is 0 Å². The van der Waals surface area contributed by atoms with Crippen LogP contribution in [-0.4, -0.2) is 37.1 Å². The van der Waals surface area contributed by atoms with Gasteiger partial charge in [-0.15, -0.1) is 0 Å². The first-order valence-electron chi connectivity index (χ1n) is 9.99. The first-order valence-corrected chi connectivity index (χ1v) is 9.99. The Kier molecular flexibility index (Phi) is 7.01. The molecule has 6 nitrogen and oxygen atoms in total. The van der Waals surface area contributed by atoms with Crippen molar-refractivity contribution in [2.75, 3.05) is 20.3 Å². The van der Waals surface area contributed by atoms with Crippen LogP contribution in [0.4, 0.5) is 0 Å². The predicted octanol–water partition coefficient (Wildman–Crippen LogP) is 3.63. The predicted molar refractivity (Wildman–Crippen MR) is 116 cm³/mol. The summed E-state index contributed by atoms with van der Waals surface area (Å²) >= 11 is 0. The Labute approximate surface area is 176 Å². The number of benzene rings is 2. The van der Waals surface area contributed by atoms with E-state index in [0.29, 0.717) is 30.6 Å². The van der Waals surface area contributed by atoms with Crippen LogP contribution in [0.1, 0.15) is 34.1 Å². The maximum absolute atomic E-state index is 12.7. The lowest BCUT2D eigenvalue weighted by Crippen LogP contribution is -2.30. The minimum absolute atomic E-state index is 0.333. The molecule has 0 aliphatic rings. The molecule has 1 N–H and O–H groups in total. The topological polar surface area (TPSA) is 77.5 Å². The van der Waals surface area contributed by atoms with Gasteiger partial charge >= 0.3 is 5.97 Å². The molecule has 0 saturated heterocycles. The zero-order valence-electron chi connectivity index (χ0n) is 17.5. The van der Waals surface area contributed by atoms with E-state index in [4.69, 9.17) is 9.47 Å². The fourth-order valence-corrected chi connectivity index (χ4v) is 3.47. The lowest BCUT2D eigenvalue weighted by Gasteiger charge is -2.13. The van der Waals surface area contributed by atoms with Crippen LogP contribution in [0, 0.1) is 6.92 Å². The highest BCUT2D eigenvalue weighted by Crippen LogP contribution is 2.24. The third-order valence-electron chi connectivity index (χ3n) is 5.01. The van der Waals surface area contributed by atoms with Crippen molar-refractivity contribution in [3.05, 3.63) is 70.9 Å². The lowest BCUT2D eigenvalue weighted by molar-refractivity contribution is -0.124. The van der Waals surface area contributed by atoms with E-state index in [1.165, 1.54) is 0 Å². The van der Waals surface area contributed by atoms with E-state index in [9.17, 15) is 9.59 Å². The van der Waals surface area contributed by atoms with E-state index in [1.54, 1.807) is 7.11 Å². The van der Waals surface area contributed by atoms with E-state index in [1.807, 2.05) is 62.4 Å². The molecule has 0 saturated carbocycles. The van der Waals surface area contributed by atoms with E-state index in [-0.39, 0.29) is 12.5 Å². The third-order valence-corrected chi connectivity index (χ3v) is 5.01. The second kappa shape index (κ2) is 9.87. The van der Waals surface area contributed by atoms with Gasteiger partial charge < -0.3 is 14.8 Å². The molecule has 1 amide bonds. The van der Waals surface area contributed by atoms with Crippen LogP contribution in [0.3, 0.4) is 0 Å². The Morgan fingerprint density at radius 3 is 2.57 bits per heavy atom. The number of hydrogen-bond acceptors (Lipinski definition) is 5. The maximum atomic E-state index is 12.7. The van der Waals surface area contributed by atoms with Gasteiger partial charge in [0.15, 0.2) is 6.61 Å². The Morgan fingerprint density at radius 1 is 1.07 bits per heavy atom. The van der Waals surface area contributed by atoms with Crippen molar-refractivity contribution in [3.8, 4) is 5.75 Å². The molecular weight excluding hydrogens is 380 g/mol. The summed E-state index contributed by atoms with van der Waals surface area (Å²) in [7, 11) is 1.62. The van der Waals surface area contributed by atoms with Crippen LogP contribution in [-0.2, 0) is 22.4 Å². The van der Waals surface area contributed by atoms with Gasteiger partial charge in [0.25, 0.3) is 5.91 Å². The molecule has 1 aromatic heterocycles. The molecule has 1 heterocycles. The molecule has 0 atom stereocenters. The fourth-order valence-electron chi connectivity index (χ4n) is 3.47. The molecule has 0 spiro atoms. The number of pyridine rings is 1. The van der Waals surface area contributed by atoms with E-state index < -0.39 is 5.97 Å². The Morgan fingerprint density at radius 2 is 1.80 bits per heavy atom. The van der Waals surface area contributed by atoms with Crippen molar-refractivity contribution in [1.29, 1.82) is 0 Å². The summed E-state index contributed by atoms with van der Waals surface area (Å²) in [5, 5.41) is 3.68. The highest BCUT2D eigenvalue weighted by molar-refractivity contribution is 5.99. The van der Waals surface area contributed by atoms with Crippen molar-refractivity contribution in [3.63, 3.8) is 0 Å². The van der Waals surface area contributed by atoms with Gasteiger partial charge in [0.05, 0.1) is 23.9 Å². The van der Waals surface area contributed by atoms with E-state index in [2.05, 4.69) is 10.3 Å². The van der Waals surface area contributed by atoms with Gasteiger partial charge in [0.2, 0.25) is 0 Å². The monoisotopic (exact) mass is 406 g/mol. The SMILES string of the molecule is CCc1nc2ccccc2c(C)c1C(=O)OCC(=O)NCCc1ccccc1OC. The molecule has 3 rings (SSSR count). The summed E-state index contributed by atoms with van der Waals surface area (Å²) in [6.07, 6.45) is 1.22. The first kappa shape index (κ1) is 21.3. The number of carbonyl (C=O) groups excluding carboxylic acids is 2. The first-order chi connectivity index (χ1) is 14.5. The highest BCUT2D eigenvalue weighted by atomic mass is 16.5. The normalized spacial score (nSPS) is 10.6. The summed E-state index contributed by atoms with van der Waals surface area (Å²) in [5.74, 6) is -0.0882. The van der Waals surface area contributed by atoms with Gasteiger partial charge in [-0.05, 0) is 43.0 Å². The minimum Gasteiger partial charge on any atom is -0.496 e. The number of nitrogens with zero attached hydrogens (tertiary/aromatic N) is 1. The van der Waals surface area contributed by atoms with Crippen molar-refractivity contribution in [2.24, 2.45) is 0 Å². The zero-order chi connectivity index (χ0) is 21.5. The number of rotatable bonds is 8. The van der Waals surface area contributed by atoms with Crippen LogP contribution < -0.4 is 10.1 Å². The van der Waals surface area contributed by atoms with Crippen LogP contribution >= 0.6 is 0 Å². The average Bonchev–Trinajstić information content (AvgIpc) is 2.77. The number of aryl methyl sites for hydroxylation is 2. The molecule has 0 unspecified atom stereocenters. The van der Waals surface area contributed by atoms with Crippen molar-refractivity contribution >= 4 is 22.8 Å². The number of carbonyl (C=O) groups is 2. The van der Waals surface area contributed by atoms with Crippen molar-refractivity contribution < 1.29 is 19.1 Å². The van der Waals surface area contributed by atoms with Gasteiger partial charge in [0, 0.05) is 11.9 Å². The van der Waals surface area contributed by atoms with Crippen LogP contribution in [0.25, 0.3) is 10.9 Å². The van der Waals surface area contributed by atoms with Crippen LogP contribution in [0.2, 0.25) is 0 Å². The maximum Gasteiger partial charge on any atom is 0.340 e. The summed E-state index contributed by atoms with van der Waals surface area (Å²) in [6, 6.07) is 15.3. The summed E-state index contributed by atoms with van der Waals surface area (Å²) in [6.45, 7) is 3.92. The minimum atomic E-state index is -0.525. The Hall–Kier alpha value is -3.41. The number of fused-ring (bicyclic) bond motifs is 1. The van der Waals surface area contributed by atoms with Crippen molar-refractivity contribution in [2.45, 2.75) is 26.7 Å². The van der Waals surface area contributed by atoms with Crippen molar-refractivity contribution in [1.82, 2.24) is 10.3 Å². The number of hydrogen-bond donors (Lipinski definition) is 1. The second-order valence-electron chi connectivity index (χ2n) is 6.92. The smallest absolute Gasteiger partial charge is 0.340 e. The Balaban J connectivity index is 1.60. The van der Waals surface area contributed by atoms with Crippen LogP contribution in [0.5, 0.6) is 5.75 Å². The van der Waals surface area contributed by atoms with E-state index >= 15 is 0 Å². The van der Waals surface area contributed by atoms with E-state index in [0.717, 1.165) is 27.8 Å². The average molecular weight is 406 g/mol. The number of nitrogens with one attached hydrogen (secondary N) is 1. The lowest BCUT2D eigenvalue weighted by atomic mass is 10.0. The number of amides is 1. The molecule has 156 valence electrons. The number of para-hydroxylation sites is 2. The molecule has 0 bridgehead atoms. The molecule has 0 radical (unpaired) electrons. The number of methoxy groups -OCH3 is 1. The number of aromatic nitrogens is 1. The van der Waals surface area contributed by atoms with Gasteiger partial charge in [-0.25, -0.2) is 4.79 Å². The largest absolute Gasteiger partial charge is 0.496 e. The molecule has 6 heteroatoms. The molecule has 2 aromatic carbocycles. The third kappa shape index (κ3) is 4.76. The standard InChI is InChI=1S/C24H26N2O4/c1-4-19-23(16(2)18-10-6-7-11-20(18)26-19)24(28)30-15-22(27)25-14-13-17-9-5-8-12-21(17)29-3/h5-12H,4,13-15H2,1-3H3,(H,25,27). The summed E-state index contributed by atoms with van der Waals surface area (Å²) < 4.78 is 10.6. The molecule has 0 fully saturated rings. The molecule has 0 aliphatic heterocycles. The summed E-state index contributed by atoms with van der Waals surface area (Å²) in [4.78, 5) is 29.4. The van der Waals surface area contributed by atoms with Gasteiger partial charge in [-0.1, -0.05) is 43.3 Å². The number of esters is 1. The Bertz CT molecular complexity index is 1060. The van der Waals surface area contributed by atoms with Gasteiger partial charge in [0.1, 0.15) is 5.75 Å². The fraction of sp³-hybridized carbons (Fsp3) is 0.292. The molecule has 3 aromatic rings. The summed E-state index contributed by atoms with van der Waals surface area (Å²) in [5.41, 5.74) is 3.78. The highest BCUT2D eigenvalue weighted by Gasteiger charge is 2.20. The molecular formula is C24H26N2O4. The zero-order valence-corrected chi connectivity index (χ0v) is 17.5. The molecule has 30 heavy (non-hydrogen) atoms. The van der Waals surface area contributed by atoms with Gasteiger partial charge in [-0.3, -0.25) is 9.78 Å². The van der Waals surface area contributed by atoms with Crippen LogP contribution in [0.15, 0.2) is 48.5 Å². The molecule has 0 aliphatic carbocycles. The quantitative estimate of drug-likeness (QED) is 0.578. The number of ether oxygens (including phenoxy) is 2.